The van der Waals surface area contributed by atoms with Gasteiger partial charge in [-0.2, -0.15) is 5.01 Å². The molecule has 2 aliphatic heterocycles. The number of ether oxygens (including phenoxy) is 1. The van der Waals surface area contributed by atoms with Crippen LogP contribution in [0.3, 0.4) is 0 Å². The van der Waals surface area contributed by atoms with Crippen molar-refractivity contribution >= 4 is 23.8 Å². The molecule has 5 amide bonds. The van der Waals surface area contributed by atoms with Gasteiger partial charge >= 0.3 is 6.03 Å². The molecule has 10 heteroatoms. The molecular formula is C21H29N5O5. The Balaban J connectivity index is 1.57. The summed E-state index contributed by atoms with van der Waals surface area (Å²) in [6.45, 7) is 4.50. The van der Waals surface area contributed by atoms with Crippen molar-refractivity contribution in [1.29, 1.82) is 0 Å². The van der Waals surface area contributed by atoms with Crippen LogP contribution in [0.2, 0.25) is 0 Å². The highest BCUT2D eigenvalue weighted by atomic mass is 16.5. The van der Waals surface area contributed by atoms with Crippen LogP contribution in [0.15, 0.2) is 24.3 Å². The summed E-state index contributed by atoms with van der Waals surface area (Å²) in [6, 6.07) is 6.28. The van der Waals surface area contributed by atoms with Gasteiger partial charge in [-0.3, -0.25) is 24.7 Å². The molecule has 31 heavy (non-hydrogen) atoms. The highest BCUT2D eigenvalue weighted by Crippen LogP contribution is 2.29. The lowest BCUT2D eigenvalue weighted by Crippen LogP contribution is -2.52. The lowest BCUT2D eigenvalue weighted by atomic mass is 9.92. The molecule has 2 aliphatic rings. The van der Waals surface area contributed by atoms with Crippen molar-refractivity contribution in [1.82, 2.24) is 25.6 Å². The third-order valence-electron chi connectivity index (χ3n) is 6.06. The Labute approximate surface area is 181 Å². The molecule has 3 rings (SSSR count). The summed E-state index contributed by atoms with van der Waals surface area (Å²) >= 11 is 0. The molecule has 1 aromatic rings. The number of nitrogens with one attached hydrogen (secondary N) is 2. The van der Waals surface area contributed by atoms with Crippen LogP contribution in [0.4, 0.5) is 4.79 Å². The molecule has 2 heterocycles. The summed E-state index contributed by atoms with van der Waals surface area (Å²) in [5, 5.41) is 3.39. The van der Waals surface area contributed by atoms with Gasteiger partial charge in [-0.05, 0) is 37.5 Å². The second kappa shape index (κ2) is 8.93. The second-order valence-electron chi connectivity index (χ2n) is 8.10. The van der Waals surface area contributed by atoms with Crippen LogP contribution in [0.1, 0.15) is 32.3 Å². The molecule has 2 fully saturated rings. The summed E-state index contributed by atoms with van der Waals surface area (Å²) in [6.07, 6.45) is 1.53. The first-order valence-corrected chi connectivity index (χ1v) is 10.2. The standard InChI is InChI=1S/C21H29N5O5/c1-14(27)24(3)16-9-11-25(12-10-16)13-18(28)23-26-19(29)21(2,22-20(26)30)15-5-7-17(31-4)8-6-15/h5-8,16H,9-13H2,1-4H3,(H,22,30)(H,23,28). The summed E-state index contributed by atoms with van der Waals surface area (Å²) in [5.74, 6) is -0.346. The Morgan fingerprint density at radius 1 is 1.23 bits per heavy atom. The van der Waals surface area contributed by atoms with E-state index in [-0.39, 0.29) is 18.5 Å². The molecule has 0 saturated carbocycles. The number of piperidine rings is 1. The summed E-state index contributed by atoms with van der Waals surface area (Å²) in [5.41, 5.74) is 1.73. The normalized spacial score (nSPS) is 22.3. The number of likely N-dealkylation sites (tertiary alicyclic amines) is 1. The fraction of sp³-hybridized carbons (Fsp3) is 0.524. The van der Waals surface area contributed by atoms with E-state index in [1.165, 1.54) is 6.92 Å². The van der Waals surface area contributed by atoms with Crippen LogP contribution in [0.25, 0.3) is 0 Å². The number of nitrogens with zero attached hydrogens (tertiary/aromatic N) is 3. The largest absolute Gasteiger partial charge is 0.497 e. The third kappa shape index (κ3) is 4.63. The zero-order valence-electron chi connectivity index (χ0n) is 18.3. The zero-order valence-corrected chi connectivity index (χ0v) is 18.3. The molecule has 1 unspecified atom stereocenters. The van der Waals surface area contributed by atoms with Gasteiger partial charge in [0.1, 0.15) is 11.3 Å². The van der Waals surface area contributed by atoms with E-state index < -0.39 is 23.4 Å². The number of carbonyl (C=O) groups excluding carboxylic acids is 4. The number of hydrogen-bond donors (Lipinski definition) is 2. The monoisotopic (exact) mass is 431 g/mol. The van der Waals surface area contributed by atoms with Crippen LogP contribution in [-0.2, 0) is 19.9 Å². The topological polar surface area (TPSA) is 111 Å². The Hall–Kier alpha value is -3.14. The Morgan fingerprint density at radius 2 is 1.84 bits per heavy atom. The fourth-order valence-electron chi connectivity index (χ4n) is 3.95. The first-order chi connectivity index (χ1) is 14.7. The van der Waals surface area contributed by atoms with Gasteiger partial charge in [-0.1, -0.05) is 12.1 Å². The maximum atomic E-state index is 12.9. The molecule has 0 aromatic heterocycles. The molecule has 0 bridgehead atoms. The predicted octanol–water partition coefficient (Wildman–Crippen LogP) is 0.436. The lowest BCUT2D eigenvalue weighted by Gasteiger charge is -2.36. The van der Waals surface area contributed by atoms with Crippen LogP contribution >= 0.6 is 0 Å². The van der Waals surface area contributed by atoms with E-state index in [9.17, 15) is 19.2 Å². The maximum Gasteiger partial charge on any atom is 0.344 e. The van der Waals surface area contributed by atoms with E-state index in [1.807, 2.05) is 4.90 Å². The Morgan fingerprint density at radius 3 is 2.39 bits per heavy atom. The van der Waals surface area contributed by atoms with E-state index in [1.54, 1.807) is 50.2 Å². The van der Waals surface area contributed by atoms with Crippen LogP contribution in [-0.4, -0.2) is 78.4 Å². The van der Waals surface area contributed by atoms with Crippen molar-refractivity contribution in [3.05, 3.63) is 29.8 Å². The number of benzene rings is 1. The van der Waals surface area contributed by atoms with Crippen LogP contribution in [0, 0.1) is 0 Å². The van der Waals surface area contributed by atoms with Crippen LogP contribution < -0.4 is 15.5 Å². The minimum absolute atomic E-state index is 0.0228. The molecular weight excluding hydrogens is 402 g/mol. The van der Waals surface area contributed by atoms with Crippen molar-refractivity contribution in [2.24, 2.45) is 0 Å². The minimum Gasteiger partial charge on any atom is -0.497 e. The minimum atomic E-state index is -1.29. The smallest absolute Gasteiger partial charge is 0.344 e. The first-order valence-electron chi connectivity index (χ1n) is 10.2. The van der Waals surface area contributed by atoms with Crippen LogP contribution in [0.5, 0.6) is 5.75 Å². The first kappa shape index (κ1) is 22.5. The number of methoxy groups -OCH3 is 1. The van der Waals surface area contributed by atoms with E-state index in [0.717, 1.165) is 17.9 Å². The van der Waals surface area contributed by atoms with Crippen molar-refractivity contribution < 1.29 is 23.9 Å². The van der Waals surface area contributed by atoms with Gasteiger partial charge in [-0.25, -0.2) is 4.79 Å². The molecule has 0 aliphatic carbocycles. The lowest BCUT2D eigenvalue weighted by molar-refractivity contribution is -0.139. The van der Waals surface area contributed by atoms with Gasteiger partial charge in [0, 0.05) is 33.1 Å². The van der Waals surface area contributed by atoms with Crippen molar-refractivity contribution in [2.45, 2.75) is 38.3 Å². The summed E-state index contributed by atoms with van der Waals surface area (Å²) < 4.78 is 5.13. The second-order valence-corrected chi connectivity index (χ2v) is 8.10. The van der Waals surface area contributed by atoms with Gasteiger partial charge in [0.05, 0.1) is 13.7 Å². The van der Waals surface area contributed by atoms with Gasteiger partial charge < -0.3 is 15.0 Å². The number of urea groups is 1. The fourth-order valence-corrected chi connectivity index (χ4v) is 3.95. The average Bonchev–Trinajstić information content (AvgIpc) is 2.97. The molecule has 2 N–H and O–H groups in total. The molecule has 10 nitrogen and oxygen atoms in total. The molecule has 1 aromatic carbocycles. The Bertz CT molecular complexity index is 865. The predicted molar refractivity (Wildman–Crippen MR) is 112 cm³/mol. The number of imide groups is 1. The molecule has 0 radical (unpaired) electrons. The van der Waals surface area contributed by atoms with E-state index >= 15 is 0 Å². The number of hydrogen-bond acceptors (Lipinski definition) is 6. The third-order valence-corrected chi connectivity index (χ3v) is 6.06. The van der Waals surface area contributed by atoms with Gasteiger partial charge in [0.2, 0.25) is 5.91 Å². The number of amides is 5. The quantitative estimate of drug-likeness (QED) is 0.632. The zero-order chi connectivity index (χ0) is 22.8. The SMILES string of the molecule is COc1ccc(C2(C)NC(=O)N(NC(=O)CN3CCC(N(C)C(C)=O)CC3)C2=O)cc1. The maximum absolute atomic E-state index is 12.9. The van der Waals surface area contributed by atoms with E-state index in [0.29, 0.717) is 24.4 Å². The van der Waals surface area contributed by atoms with E-state index in [4.69, 9.17) is 4.74 Å². The Kier molecular flexibility index (Phi) is 6.49. The highest BCUT2D eigenvalue weighted by Gasteiger charge is 2.50. The highest BCUT2D eigenvalue weighted by molar-refractivity contribution is 6.08. The molecule has 0 spiro atoms. The van der Waals surface area contributed by atoms with Gasteiger partial charge in [0.25, 0.3) is 11.8 Å². The number of rotatable bonds is 6. The molecule has 1 atom stereocenters. The molecule has 168 valence electrons. The van der Waals surface area contributed by atoms with Crippen molar-refractivity contribution in [2.75, 3.05) is 33.8 Å². The number of hydrazine groups is 1. The van der Waals surface area contributed by atoms with E-state index in [2.05, 4.69) is 10.7 Å². The number of carbonyl (C=O) groups is 4. The van der Waals surface area contributed by atoms with Gasteiger partial charge in [0.15, 0.2) is 0 Å². The average molecular weight is 431 g/mol. The summed E-state index contributed by atoms with van der Waals surface area (Å²) in [4.78, 5) is 53.0. The van der Waals surface area contributed by atoms with Crippen molar-refractivity contribution in [3.63, 3.8) is 0 Å². The summed E-state index contributed by atoms with van der Waals surface area (Å²) in [7, 11) is 3.33. The van der Waals surface area contributed by atoms with Crippen molar-refractivity contribution in [3.8, 4) is 5.75 Å². The molecule has 2 saturated heterocycles. The van der Waals surface area contributed by atoms with Gasteiger partial charge in [-0.15, -0.1) is 0 Å².